The Hall–Kier alpha value is -2.69. The highest BCUT2D eigenvalue weighted by Crippen LogP contribution is 2.25. The van der Waals surface area contributed by atoms with Crippen LogP contribution >= 0.6 is 0 Å². The van der Waals surface area contributed by atoms with Gasteiger partial charge < -0.3 is 10.3 Å². The smallest absolute Gasteiger partial charge is 0.258 e. The van der Waals surface area contributed by atoms with Gasteiger partial charge in [0, 0.05) is 29.2 Å². The van der Waals surface area contributed by atoms with E-state index >= 15 is 0 Å². The number of benzene rings is 1. The predicted octanol–water partition coefficient (Wildman–Crippen LogP) is 3.00. The molecule has 0 aliphatic heterocycles. The van der Waals surface area contributed by atoms with Gasteiger partial charge in [-0.1, -0.05) is 11.2 Å². The Balaban J connectivity index is 2.02. The molecule has 5 nitrogen and oxygen atoms in total. The van der Waals surface area contributed by atoms with Gasteiger partial charge in [-0.2, -0.15) is 4.98 Å². The summed E-state index contributed by atoms with van der Waals surface area (Å²) in [6.07, 6.45) is 3.47. The number of anilines is 1. The Labute approximate surface area is 116 Å². The van der Waals surface area contributed by atoms with Crippen molar-refractivity contribution in [1.82, 2.24) is 15.1 Å². The van der Waals surface area contributed by atoms with Crippen LogP contribution in [-0.2, 0) is 0 Å². The van der Waals surface area contributed by atoms with Gasteiger partial charge in [0.15, 0.2) is 0 Å². The minimum Gasteiger partial charge on any atom is -0.398 e. The Morgan fingerprint density at radius 2 is 1.95 bits per heavy atom. The van der Waals surface area contributed by atoms with Crippen molar-refractivity contribution in [3.05, 3.63) is 47.8 Å². The number of nitrogen functional groups attached to an aromatic ring is 1. The summed E-state index contributed by atoms with van der Waals surface area (Å²) in [7, 11) is 0. The van der Waals surface area contributed by atoms with Gasteiger partial charge in [-0.3, -0.25) is 4.98 Å². The summed E-state index contributed by atoms with van der Waals surface area (Å²) in [6.45, 7) is 3.94. The Morgan fingerprint density at radius 3 is 2.70 bits per heavy atom. The van der Waals surface area contributed by atoms with Gasteiger partial charge in [0.2, 0.25) is 5.82 Å². The molecular weight excluding hydrogens is 252 g/mol. The number of aromatic nitrogens is 3. The van der Waals surface area contributed by atoms with E-state index in [2.05, 4.69) is 15.1 Å². The molecule has 0 radical (unpaired) electrons. The third kappa shape index (κ3) is 2.14. The largest absolute Gasteiger partial charge is 0.398 e. The molecule has 2 aromatic heterocycles. The number of pyridine rings is 1. The zero-order valence-corrected chi connectivity index (χ0v) is 11.3. The van der Waals surface area contributed by atoms with Crippen LogP contribution in [0, 0.1) is 13.8 Å². The number of rotatable bonds is 2. The minimum atomic E-state index is 0.454. The van der Waals surface area contributed by atoms with Gasteiger partial charge in [0.1, 0.15) is 0 Å². The van der Waals surface area contributed by atoms with E-state index in [0.29, 0.717) is 17.4 Å². The SMILES string of the molecule is Cc1ccc(-c2nc(-c3cnccc3C)no2)cc1N. The van der Waals surface area contributed by atoms with Crippen molar-refractivity contribution in [1.29, 1.82) is 0 Å². The van der Waals surface area contributed by atoms with Crippen LogP contribution in [0.3, 0.4) is 0 Å². The van der Waals surface area contributed by atoms with Crippen molar-refractivity contribution < 1.29 is 4.52 Å². The second-order valence-electron chi connectivity index (χ2n) is 4.69. The molecule has 0 atom stereocenters. The lowest BCUT2D eigenvalue weighted by Crippen LogP contribution is -1.90. The molecule has 0 aliphatic carbocycles. The predicted molar refractivity (Wildman–Crippen MR) is 76.9 cm³/mol. The molecule has 3 rings (SSSR count). The normalized spacial score (nSPS) is 10.7. The molecule has 0 amide bonds. The first-order valence-corrected chi connectivity index (χ1v) is 6.26. The summed E-state index contributed by atoms with van der Waals surface area (Å²) in [5.41, 5.74) is 10.4. The number of hydrogen-bond donors (Lipinski definition) is 1. The number of nitrogens with two attached hydrogens (primary N) is 1. The van der Waals surface area contributed by atoms with E-state index in [1.54, 1.807) is 12.4 Å². The molecule has 0 aliphatic rings. The molecule has 0 bridgehead atoms. The summed E-state index contributed by atoms with van der Waals surface area (Å²) in [6, 6.07) is 7.60. The Morgan fingerprint density at radius 1 is 1.10 bits per heavy atom. The van der Waals surface area contributed by atoms with Gasteiger partial charge in [-0.15, -0.1) is 0 Å². The summed E-state index contributed by atoms with van der Waals surface area (Å²) in [5, 5.41) is 4.01. The van der Waals surface area contributed by atoms with Crippen LogP contribution in [0.2, 0.25) is 0 Å². The summed E-state index contributed by atoms with van der Waals surface area (Å²) >= 11 is 0. The molecule has 0 saturated carbocycles. The quantitative estimate of drug-likeness (QED) is 0.721. The van der Waals surface area contributed by atoms with Gasteiger partial charge in [-0.25, -0.2) is 0 Å². The maximum atomic E-state index is 5.90. The first-order chi connectivity index (χ1) is 9.65. The molecule has 0 spiro atoms. The highest BCUT2D eigenvalue weighted by Gasteiger charge is 2.12. The average molecular weight is 266 g/mol. The van der Waals surface area contributed by atoms with E-state index in [1.165, 1.54) is 0 Å². The fourth-order valence-corrected chi connectivity index (χ4v) is 1.92. The van der Waals surface area contributed by atoms with Crippen molar-refractivity contribution >= 4 is 5.69 Å². The lowest BCUT2D eigenvalue weighted by molar-refractivity contribution is 0.432. The zero-order chi connectivity index (χ0) is 14.1. The van der Waals surface area contributed by atoms with Crippen molar-refractivity contribution in [2.75, 3.05) is 5.73 Å². The fraction of sp³-hybridized carbons (Fsp3) is 0.133. The number of hydrogen-bond acceptors (Lipinski definition) is 5. The van der Waals surface area contributed by atoms with E-state index < -0.39 is 0 Å². The maximum absolute atomic E-state index is 5.90. The van der Waals surface area contributed by atoms with Gasteiger partial charge >= 0.3 is 0 Å². The molecule has 0 fully saturated rings. The van der Waals surface area contributed by atoms with Crippen molar-refractivity contribution in [3.8, 4) is 22.8 Å². The number of nitrogens with zero attached hydrogens (tertiary/aromatic N) is 3. The summed E-state index contributed by atoms with van der Waals surface area (Å²) < 4.78 is 5.31. The second kappa shape index (κ2) is 4.77. The third-order valence-electron chi connectivity index (χ3n) is 3.23. The molecule has 0 saturated heterocycles. The molecule has 100 valence electrons. The highest BCUT2D eigenvalue weighted by atomic mass is 16.5. The molecular formula is C15H14N4O. The maximum Gasteiger partial charge on any atom is 0.258 e. The molecule has 0 unspecified atom stereocenters. The van der Waals surface area contributed by atoms with Crippen LogP contribution in [0.1, 0.15) is 11.1 Å². The summed E-state index contributed by atoms with van der Waals surface area (Å²) in [5.74, 6) is 0.986. The van der Waals surface area contributed by atoms with Crippen LogP contribution in [0.15, 0.2) is 41.2 Å². The molecule has 2 N–H and O–H groups in total. The third-order valence-corrected chi connectivity index (χ3v) is 3.23. The molecule has 3 aromatic rings. The lowest BCUT2D eigenvalue weighted by atomic mass is 10.1. The first kappa shape index (κ1) is 12.3. The molecule has 2 heterocycles. The first-order valence-electron chi connectivity index (χ1n) is 6.26. The fourth-order valence-electron chi connectivity index (χ4n) is 1.92. The van der Waals surface area contributed by atoms with E-state index in [4.69, 9.17) is 10.3 Å². The topological polar surface area (TPSA) is 77.8 Å². The van der Waals surface area contributed by atoms with E-state index in [1.807, 2.05) is 38.1 Å². The average Bonchev–Trinajstić information content (AvgIpc) is 2.92. The highest BCUT2D eigenvalue weighted by molar-refractivity contribution is 5.65. The standard InChI is InChI=1S/C15H14N4O/c1-9-5-6-17-8-12(9)14-18-15(20-19-14)11-4-3-10(2)13(16)7-11/h3-8H,16H2,1-2H3. The van der Waals surface area contributed by atoms with E-state index in [0.717, 1.165) is 22.3 Å². The minimum absolute atomic E-state index is 0.454. The van der Waals surface area contributed by atoms with Crippen LogP contribution in [0.4, 0.5) is 5.69 Å². The van der Waals surface area contributed by atoms with Crippen LogP contribution in [0.25, 0.3) is 22.8 Å². The van der Waals surface area contributed by atoms with E-state index in [9.17, 15) is 0 Å². The van der Waals surface area contributed by atoms with Crippen LogP contribution in [0.5, 0.6) is 0 Å². The van der Waals surface area contributed by atoms with Crippen molar-refractivity contribution in [2.24, 2.45) is 0 Å². The van der Waals surface area contributed by atoms with Crippen LogP contribution < -0.4 is 5.73 Å². The monoisotopic (exact) mass is 266 g/mol. The molecule has 1 aromatic carbocycles. The Bertz CT molecular complexity index is 764. The van der Waals surface area contributed by atoms with Gasteiger partial charge in [0.05, 0.1) is 0 Å². The van der Waals surface area contributed by atoms with Gasteiger partial charge in [0.25, 0.3) is 5.89 Å². The molecule has 5 heteroatoms. The Kier molecular flexibility index (Phi) is 2.95. The van der Waals surface area contributed by atoms with Crippen molar-refractivity contribution in [3.63, 3.8) is 0 Å². The van der Waals surface area contributed by atoms with Crippen molar-refractivity contribution in [2.45, 2.75) is 13.8 Å². The molecule has 20 heavy (non-hydrogen) atoms. The second-order valence-corrected chi connectivity index (χ2v) is 4.69. The number of aryl methyl sites for hydroxylation is 2. The zero-order valence-electron chi connectivity index (χ0n) is 11.3. The summed E-state index contributed by atoms with van der Waals surface area (Å²) in [4.78, 5) is 8.50. The van der Waals surface area contributed by atoms with Gasteiger partial charge in [-0.05, 0) is 43.2 Å². The lowest BCUT2D eigenvalue weighted by Gasteiger charge is -2.00. The van der Waals surface area contributed by atoms with Crippen LogP contribution in [-0.4, -0.2) is 15.1 Å². The van der Waals surface area contributed by atoms with E-state index in [-0.39, 0.29) is 0 Å².